The summed E-state index contributed by atoms with van der Waals surface area (Å²) >= 11 is 6.30. The van der Waals surface area contributed by atoms with Crippen molar-refractivity contribution in [1.29, 1.82) is 0 Å². The predicted molar refractivity (Wildman–Crippen MR) is 124 cm³/mol. The van der Waals surface area contributed by atoms with Gasteiger partial charge in [-0.15, -0.1) is 0 Å². The zero-order valence-corrected chi connectivity index (χ0v) is 19.2. The topological polar surface area (TPSA) is 80.1 Å². The van der Waals surface area contributed by atoms with Crippen molar-refractivity contribution in [3.63, 3.8) is 0 Å². The molecule has 2 aromatic heterocycles. The van der Waals surface area contributed by atoms with Crippen LogP contribution in [0.2, 0.25) is 5.02 Å². The number of carbonyl (C=O) groups excluding carboxylic acids is 1. The van der Waals surface area contributed by atoms with Gasteiger partial charge in [0, 0.05) is 48.7 Å². The van der Waals surface area contributed by atoms with Crippen molar-refractivity contribution < 1.29 is 9.00 Å². The van der Waals surface area contributed by atoms with E-state index in [1.54, 1.807) is 27.3 Å². The van der Waals surface area contributed by atoms with E-state index < -0.39 is 11.0 Å². The molecule has 1 amide bonds. The van der Waals surface area contributed by atoms with Crippen LogP contribution < -0.4 is 9.62 Å². The van der Waals surface area contributed by atoms with Crippen molar-refractivity contribution in [3.8, 4) is 0 Å². The average molecular weight is 458 g/mol. The standard InChI is InChI=1S/C22H24ClN5O2S/c1-14-11-24-21(28-5-4-15(2)31(28)30)10-20(14)22(29)26-19-8-16(7-18(23)9-19)6-17-12-25-27(3)13-17/h7-13,15H,4-6H2,1-3H3,(H,26,29). The molecule has 0 saturated carbocycles. The van der Waals surface area contributed by atoms with E-state index in [-0.39, 0.29) is 11.2 Å². The third-order valence-electron chi connectivity index (χ3n) is 5.27. The predicted octanol–water partition coefficient (Wildman–Crippen LogP) is 3.88. The van der Waals surface area contributed by atoms with E-state index in [0.29, 0.717) is 35.1 Å². The normalized spacial score (nSPS) is 18.4. The summed E-state index contributed by atoms with van der Waals surface area (Å²) in [5.74, 6) is 0.301. The molecule has 1 aliphatic heterocycles. The van der Waals surface area contributed by atoms with Crippen molar-refractivity contribution in [2.75, 3.05) is 16.2 Å². The fraction of sp³-hybridized carbons (Fsp3) is 0.318. The van der Waals surface area contributed by atoms with Gasteiger partial charge < -0.3 is 5.32 Å². The summed E-state index contributed by atoms with van der Waals surface area (Å²) in [6.45, 7) is 4.46. The van der Waals surface area contributed by atoms with E-state index in [0.717, 1.165) is 23.1 Å². The van der Waals surface area contributed by atoms with Crippen molar-refractivity contribution in [2.45, 2.75) is 31.9 Å². The Labute approximate surface area is 189 Å². The summed E-state index contributed by atoms with van der Waals surface area (Å²) in [4.78, 5) is 17.4. The number of halogens is 1. The Bertz CT molecular complexity index is 1160. The lowest BCUT2D eigenvalue weighted by Gasteiger charge is -2.17. The second-order valence-electron chi connectivity index (χ2n) is 7.84. The number of pyridine rings is 1. The van der Waals surface area contributed by atoms with Crippen LogP contribution in [0.4, 0.5) is 11.5 Å². The van der Waals surface area contributed by atoms with Crippen molar-refractivity contribution in [3.05, 3.63) is 70.1 Å². The van der Waals surface area contributed by atoms with Gasteiger partial charge in [-0.1, -0.05) is 11.6 Å². The van der Waals surface area contributed by atoms with Gasteiger partial charge >= 0.3 is 0 Å². The Morgan fingerprint density at radius 2 is 2.06 bits per heavy atom. The Hall–Kier alpha value is -2.71. The first kappa shape index (κ1) is 21.5. The lowest BCUT2D eigenvalue weighted by molar-refractivity contribution is 0.102. The highest BCUT2D eigenvalue weighted by Crippen LogP contribution is 2.26. The maximum atomic E-state index is 13.0. The summed E-state index contributed by atoms with van der Waals surface area (Å²) in [6.07, 6.45) is 6.91. The Morgan fingerprint density at radius 1 is 1.26 bits per heavy atom. The maximum absolute atomic E-state index is 13.0. The zero-order chi connectivity index (χ0) is 22.1. The number of benzene rings is 1. The molecule has 9 heteroatoms. The summed E-state index contributed by atoms with van der Waals surface area (Å²) in [6, 6.07) is 7.22. The smallest absolute Gasteiger partial charge is 0.256 e. The largest absolute Gasteiger partial charge is 0.322 e. The minimum atomic E-state index is -1.13. The molecule has 1 aliphatic rings. The van der Waals surface area contributed by atoms with Crippen LogP contribution in [0.25, 0.3) is 0 Å². The summed E-state index contributed by atoms with van der Waals surface area (Å²) in [7, 11) is 0.740. The number of nitrogens with one attached hydrogen (secondary N) is 1. The molecular formula is C22H24ClN5O2S. The quantitative estimate of drug-likeness (QED) is 0.630. The Morgan fingerprint density at radius 3 is 2.74 bits per heavy atom. The first-order valence-corrected chi connectivity index (χ1v) is 11.6. The molecule has 3 aromatic rings. The molecule has 2 unspecified atom stereocenters. The number of rotatable bonds is 5. The minimum absolute atomic E-state index is 0.0880. The van der Waals surface area contributed by atoms with Gasteiger partial charge in [-0.25, -0.2) is 9.19 Å². The highest BCUT2D eigenvalue weighted by molar-refractivity contribution is 7.87. The van der Waals surface area contributed by atoms with E-state index in [4.69, 9.17) is 11.6 Å². The molecule has 0 radical (unpaired) electrons. The monoisotopic (exact) mass is 457 g/mol. The fourth-order valence-corrected chi connectivity index (χ4v) is 5.20. The van der Waals surface area contributed by atoms with Crippen LogP contribution in [0.3, 0.4) is 0 Å². The number of aromatic nitrogens is 3. The molecule has 0 aliphatic carbocycles. The van der Waals surface area contributed by atoms with Gasteiger partial charge in [-0.2, -0.15) is 5.10 Å². The van der Waals surface area contributed by atoms with Crippen molar-refractivity contribution >= 4 is 40.0 Å². The van der Waals surface area contributed by atoms with Gasteiger partial charge in [0.25, 0.3) is 5.91 Å². The third kappa shape index (κ3) is 4.80. The van der Waals surface area contributed by atoms with E-state index in [1.807, 2.05) is 45.4 Å². The lowest BCUT2D eigenvalue weighted by Crippen LogP contribution is -2.23. The molecular weight excluding hydrogens is 434 g/mol. The molecule has 0 spiro atoms. The lowest BCUT2D eigenvalue weighted by atomic mass is 10.1. The molecule has 3 heterocycles. The molecule has 1 fully saturated rings. The van der Waals surface area contributed by atoms with Gasteiger partial charge in [0.05, 0.1) is 11.4 Å². The van der Waals surface area contributed by atoms with Crippen LogP contribution in [0.15, 0.2) is 42.9 Å². The van der Waals surface area contributed by atoms with Gasteiger partial charge in [-0.3, -0.25) is 13.8 Å². The van der Waals surface area contributed by atoms with Crippen LogP contribution in [0, 0.1) is 6.92 Å². The first-order chi connectivity index (χ1) is 14.8. The molecule has 1 aromatic carbocycles. The molecule has 0 bridgehead atoms. The zero-order valence-electron chi connectivity index (χ0n) is 17.6. The van der Waals surface area contributed by atoms with E-state index in [9.17, 15) is 9.00 Å². The van der Waals surface area contributed by atoms with E-state index >= 15 is 0 Å². The second kappa shape index (κ2) is 8.80. The van der Waals surface area contributed by atoms with Crippen LogP contribution in [0.5, 0.6) is 0 Å². The highest BCUT2D eigenvalue weighted by Gasteiger charge is 2.29. The molecule has 4 rings (SSSR count). The van der Waals surface area contributed by atoms with Gasteiger partial charge in [-0.05, 0) is 61.2 Å². The van der Waals surface area contributed by atoms with Crippen LogP contribution in [0.1, 0.15) is 40.4 Å². The van der Waals surface area contributed by atoms with Gasteiger partial charge in [0.2, 0.25) is 0 Å². The molecule has 1 N–H and O–H groups in total. The SMILES string of the molecule is Cc1cnc(N2CCC(C)S2=O)cc1C(=O)Nc1cc(Cl)cc(Cc2cnn(C)c2)c1. The minimum Gasteiger partial charge on any atom is -0.322 e. The average Bonchev–Trinajstić information content (AvgIpc) is 3.27. The maximum Gasteiger partial charge on any atom is 0.256 e. The van der Waals surface area contributed by atoms with Crippen LogP contribution in [-0.4, -0.2) is 36.7 Å². The number of nitrogens with zero attached hydrogens (tertiary/aromatic N) is 4. The molecule has 1 saturated heterocycles. The number of anilines is 2. The number of aryl methyl sites for hydroxylation is 2. The van der Waals surface area contributed by atoms with Gasteiger partial charge in [0.1, 0.15) is 16.8 Å². The van der Waals surface area contributed by atoms with Gasteiger partial charge in [0.15, 0.2) is 0 Å². The molecule has 7 nitrogen and oxygen atoms in total. The van der Waals surface area contributed by atoms with Crippen LogP contribution >= 0.6 is 11.6 Å². The number of hydrogen-bond acceptors (Lipinski definition) is 4. The highest BCUT2D eigenvalue weighted by atomic mass is 35.5. The van der Waals surface area contributed by atoms with E-state index in [2.05, 4.69) is 15.4 Å². The third-order valence-corrected chi connectivity index (χ3v) is 7.22. The summed E-state index contributed by atoms with van der Waals surface area (Å²) < 4.78 is 16.0. The number of hydrogen-bond donors (Lipinski definition) is 1. The van der Waals surface area contributed by atoms with E-state index in [1.165, 1.54) is 0 Å². The Kier molecular flexibility index (Phi) is 6.11. The fourth-order valence-electron chi connectivity index (χ4n) is 3.63. The first-order valence-electron chi connectivity index (χ1n) is 10.0. The van der Waals surface area contributed by atoms with Crippen molar-refractivity contribution in [1.82, 2.24) is 14.8 Å². The number of carbonyl (C=O) groups is 1. The molecule has 31 heavy (non-hydrogen) atoms. The summed E-state index contributed by atoms with van der Waals surface area (Å²) in [5.41, 5.74) is 3.90. The van der Waals surface area contributed by atoms with Crippen molar-refractivity contribution in [2.24, 2.45) is 7.05 Å². The second-order valence-corrected chi connectivity index (χ2v) is 10.1. The molecule has 162 valence electrons. The molecule has 2 atom stereocenters. The Balaban J connectivity index is 1.55. The summed E-state index contributed by atoms with van der Waals surface area (Å²) in [5, 5.41) is 7.77. The number of amides is 1. The van der Waals surface area contributed by atoms with Crippen LogP contribution in [-0.2, 0) is 24.5 Å².